The van der Waals surface area contributed by atoms with Crippen LogP contribution in [-0.2, 0) is 19.1 Å². The third kappa shape index (κ3) is 5.09. The van der Waals surface area contributed by atoms with Crippen molar-refractivity contribution in [1.82, 2.24) is 4.90 Å². The number of esters is 1. The molecule has 1 aromatic rings. The van der Waals surface area contributed by atoms with E-state index in [1.165, 1.54) is 11.0 Å². The minimum Gasteiger partial charge on any atom is -0.452 e. The highest BCUT2D eigenvalue weighted by molar-refractivity contribution is 6.30. The van der Waals surface area contributed by atoms with Crippen LogP contribution in [0.25, 0.3) is 6.08 Å². The number of amides is 2. The summed E-state index contributed by atoms with van der Waals surface area (Å²) in [5, 5.41) is 0.603. The molecule has 6 nitrogen and oxygen atoms in total. The molecular weight excluding hydrogens is 332 g/mol. The Labute approximate surface area is 145 Å². The van der Waals surface area contributed by atoms with Gasteiger partial charge in [0.2, 0.25) is 5.91 Å². The topological polar surface area (TPSA) is 89.7 Å². The SMILES string of the molecule is NC(=O)[C@@H]1CCCCN1C(=O)COC(=O)/C=C/c1ccc(Cl)cc1. The largest absolute Gasteiger partial charge is 0.452 e. The Bertz CT molecular complexity index is 642. The number of nitrogens with zero attached hydrogens (tertiary/aromatic N) is 1. The summed E-state index contributed by atoms with van der Waals surface area (Å²) in [5.74, 6) is -1.57. The molecule has 0 bridgehead atoms. The summed E-state index contributed by atoms with van der Waals surface area (Å²) in [5.41, 5.74) is 6.10. The number of nitrogens with two attached hydrogens (primary N) is 1. The van der Waals surface area contributed by atoms with Crippen LogP contribution in [0.3, 0.4) is 0 Å². The number of carbonyl (C=O) groups excluding carboxylic acids is 3. The van der Waals surface area contributed by atoms with Crippen LogP contribution in [0.4, 0.5) is 0 Å². The summed E-state index contributed by atoms with van der Waals surface area (Å²) in [6.45, 7) is 0.0399. The molecule has 1 saturated heterocycles. The molecule has 0 saturated carbocycles. The van der Waals surface area contributed by atoms with Crippen molar-refractivity contribution >= 4 is 35.5 Å². The highest BCUT2D eigenvalue weighted by Crippen LogP contribution is 2.17. The number of halogens is 1. The van der Waals surface area contributed by atoms with Crippen LogP contribution < -0.4 is 5.73 Å². The summed E-state index contributed by atoms with van der Waals surface area (Å²) in [4.78, 5) is 36.6. The quantitative estimate of drug-likeness (QED) is 0.647. The Morgan fingerprint density at radius 3 is 2.62 bits per heavy atom. The molecule has 7 heteroatoms. The lowest BCUT2D eigenvalue weighted by atomic mass is 10.0. The molecule has 128 valence electrons. The van der Waals surface area contributed by atoms with Crippen molar-refractivity contribution in [3.8, 4) is 0 Å². The van der Waals surface area contributed by atoms with Crippen molar-refractivity contribution in [2.45, 2.75) is 25.3 Å². The van der Waals surface area contributed by atoms with Crippen LogP contribution in [0.1, 0.15) is 24.8 Å². The molecule has 1 aliphatic rings. The molecule has 1 aliphatic heterocycles. The lowest BCUT2D eigenvalue weighted by molar-refractivity contribution is -0.151. The smallest absolute Gasteiger partial charge is 0.331 e. The van der Waals surface area contributed by atoms with Gasteiger partial charge in [0, 0.05) is 17.6 Å². The first-order chi connectivity index (χ1) is 11.5. The fourth-order valence-electron chi connectivity index (χ4n) is 2.53. The Hall–Kier alpha value is -2.34. The number of primary amides is 1. The molecule has 1 fully saturated rings. The van der Waals surface area contributed by atoms with Crippen LogP contribution in [0.2, 0.25) is 5.02 Å². The van der Waals surface area contributed by atoms with E-state index < -0.39 is 30.4 Å². The monoisotopic (exact) mass is 350 g/mol. The molecule has 0 radical (unpaired) electrons. The Morgan fingerprint density at radius 2 is 1.96 bits per heavy atom. The summed E-state index contributed by atoms with van der Waals surface area (Å²) in [6.07, 6.45) is 5.00. The fraction of sp³-hybridized carbons (Fsp3) is 0.353. The van der Waals surface area contributed by atoms with Crippen molar-refractivity contribution in [3.05, 3.63) is 40.9 Å². The average molecular weight is 351 g/mol. The zero-order chi connectivity index (χ0) is 17.5. The van der Waals surface area contributed by atoms with Crippen molar-refractivity contribution in [2.75, 3.05) is 13.2 Å². The van der Waals surface area contributed by atoms with E-state index in [9.17, 15) is 14.4 Å². The van der Waals surface area contributed by atoms with E-state index in [0.717, 1.165) is 18.4 Å². The van der Waals surface area contributed by atoms with Gasteiger partial charge in [0.15, 0.2) is 6.61 Å². The molecule has 2 rings (SSSR count). The standard InChI is InChI=1S/C17H19ClN2O4/c18-13-7-4-12(5-8-13)6-9-16(22)24-11-15(21)20-10-2-1-3-14(20)17(19)23/h4-9,14H,1-3,10-11H2,(H2,19,23)/b9-6+/t14-/m0/s1. The molecule has 2 N–H and O–H groups in total. The molecule has 1 aromatic carbocycles. The van der Waals surface area contributed by atoms with Gasteiger partial charge in [0.1, 0.15) is 6.04 Å². The van der Waals surface area contributed by atoms with Gasteiger partial charge in [0.05, 0.1) is 0 Å². The van der Waals surface area contributed by atoms with E-state index in [1.54, 1.807) is 30.3 Å². The van der Waals surface area contributed by atoms with Crippen LogP contribution in [0.15, 0.2) is 30.3 Å². The van der Waals surface area contributed by atoms with Crippen LogP contribution >= 0.6 is 11.6 Å². The molecule has 2 amide bonds. The molecule has 1 heterocycles. The number of benzene rings is 1. The second-order valence-corrected chi connectivity index (χ2v) is 5.93. The summed E-state index contributed by atoms with van der Waals surface area (Å²) in [6, 6.07) is 6.30. The number of rotatable bonds is 5. The highest BCUT2D eigenvalue weighted by Gasteiger charge is 2.30. The zero-order valence-electron chi connectivity index (χ0n) is 13.1. The van der Waals surface area contributed by atoms with Crippen LogP contribution in [-0.4, -0.2) is 41.9 Å². The second kappa shape index (κ2) is 8.49. The Kier molecular flexibility index (Phi) is 6.37. The first kappa shape index (κ1) is 18.0. The first-order valence-electron chi connectivity index (χ1n) is 7.66. The van der Waals surface area contributed by atoms with Crippen molar-refractivity contribution in [2.24, 2.45) is 5.73 Å². The van der Waals surface area contributed by atoms with E-state index in [-0.39, 0.29) is 0 Å². The molecule has 24 heavy (non-hydrogen) atoms. The predicted molar refractivity (Wildman–Crippen MR) is 90.0 cm³/mol. The van der Waals surface area contributed by atoms with Gasteiger partial charge >= 0.3 is 5.97 Å². The number of ether oxygens (including phenoxy) is 1. The van der Waals surface area contributed by atoms with Gasteiger partial charge in [-0.05, 0) is 43.0 Å². The van der Waals surface area contributed by atoms with Gasteiger partial charge in [-0.25, -0.2) is 4.79 Å². The Balaban J connectivity index is 1.85. The van der Waals surface area contributed by atoms with Crippen molar-refractivity contribution in [3.63, 3.8) is 0 Å². The number of hydrogen-bond donors (Lipinski definition) is 1. The minimum absolute atomic E-state index is 0.409. The lowest BCUT2D eigenvalue weighted by Crippen LogP contribution is -2.51. The zero-order valence-corrected chi connectivity index (χ0v) is 13.9. The van der Waals surface area contributed by atoms with Crippen LogP contribution in [0.5, 0.6) is 0 Å². The maximum absolute atomic E-state index is 12.1. The summed E-state index contributed by atoms with van der Waals surface area (Å²) in [7, 11) is 0. The molecule has 1 atom stereocenters. The predicted octanol–water partition coefficient (Wildman–Crippen LogP) is 1.76. The second-order valence-electron chi connectivity index (χ2n) is 5.49. The third-order valence-corrected chi connectivity index (χ3v) is 4.02. The minimum atomic E-state index is -0.633. The van der Waals surface area contributed by atoms with Gasteiger partial charge < -0.3 is 15.4 Å². The van der Waals surface area contributed by atoms with E-state index in [1.807, 2.05) is 0 Å². The number of likely N-dealkylation sites (tertiary alicyclic amines) is 1. The van der Waals surface area contributed by atoms with E-state index >= 15 is 0 Å². The summed E-state index contributed by atoms with van der Waals surface area (Å²) >= 11 is 5.78. The lowest BCUT2D eigenvalue weighted by Gasteiger charge is -2.33. The molecule has 0 aliphatic carbocycles. The third-order valence-electron chi connectivity index (χ3n) is 3.77. The highest BCUT2D eigenvalue weighted by atomic mass is 35.5. The van der Waals surface area contributed by atoms with E-state index in [0.29, 0.717) is 18.0 Å². The van der Waals surface area contributed by atoms with Crippen molar-refractivity contribution < 1.29 is 19.1 Å². The number of hydrogen-bond acceptors (Lipinski definition) is 4. The normalized spacial score (nSPS) is 17.7. The molecular formula is C17H19ClN2O4. The maximum Gasteiger partial charge on any atom is 0.331 e. The summed E-state index contributed by atoms with van der Waals surface area (Å²) < 4.78 is 4.94. The van der Waals surface area contributed by atoms with Gasteiger partial charge in [0.25, 0.3) is 5.91 Å². The van der Waals surface area contributed by atoms with E-state index in [4.69, 9.17) is 22.1 Å². The van der Waals surface area contributed by atoms with Gasteiger partial charge in [-0.2, -0.15) is 0 Å². The number of piperidine rings is 1. The van der Waals surface area contributed by atoms with Gasteiger partial charge in [-0.3, -0.25) is 9.59 Å². The van der Waals surface area contributed by atoms with Gasteiger partial charge in [-0.1, -0.05) is 23.7 Å². The molecule has 0 unspecified atom stereocenters. The Morgan fingerprint density at radius 1 is 1.25 bits per heavy atom. The molecule has 0 spiro atoms. The molecule has 0 aromatic heterocycles. The van der Waals surface area contributed by atoms with Gasteiger partial charge in [-0.15, -0.1) is 0 Å². The first-order valence-corrected chi connectivity index (χ1v) is 8.04. The fourth-order valence-corrected chi connectivity index (χ4v) is 2.65. The van der Waals surface area contributed by atoms with Crippen LogP contribution in [0, 0.1) is 0 Å². The van der Waals surface area contributed by atoms with Crippen molar-refractivity contribution in [1.29, 1.82) is 0 Å². The average Bonchev–Trinajstić information content (AvgIpc) is 2.59. The number of carbonyl (C=O) groups is 3. The maximum atomic E-state index is 12.1. The van der Waals surface area contributed by atoms with E-state index in [2.05, 4.69) is 0 Å².